The van der Waals surface area contributed by atoms with Crippen molar-refractivity contribution < 1.29 is 9.21 Å². The Morgan fingerprint density at radius 2 is 2.28 bits per heavy atom. The zero-order valence-electron chi connectivity index (χ0n) is 9.42. The van der Waals surface area contributed by atoms with Gasteiger partial charge in [-0.1, -0.05) is 0 Å². The van der Waals surface area contributed by atoms with Crippen molar-refractivity contribution in [2.45, 2.75) is 10.6 Å². The van der Waals surface area contributed by atoms with Crippen molar-refractivity contribution in [3.8, 4) is 0 Å². The molecular weight excluding hydrogens is 252 g/mol. The molecule has 2 heterocycles. The first-order chi connectivity index (χ1) is 8.70. The molecule has 0 bridgehead atoms. The zero-order valence-corrected chi connectivity index (χ0v) is 10.2. The van der Waals surface area contributed by atoms with Crippen LogP contribution in [0.15, 0.2) is 40.0 Å². The highest BCUT2D eigenvalue weighted by atomic mass is 32.2. The van der Waals surface area contributed by atoms with Gasteiger partial charge < -0.3 is 10.2 Å². The van der Waals surface area contributed by atoms with E-state index in [0.29, 0.717) is 22.9 Å². The minimum atomic E-state index is -0.366. The van der Waals surface area contributed by atoms with E-state index in [1.807, 2.05) is 6.07 Å². The molecule has 94 valence electrons. The van der Waals surface area contributed by atoms with Crippen LogP contribution in [-0.4, -0.2) is 10.9 Å². The van der Waals surface area contributed by atoms with E-state index in [1.165, 1.54) is 18.0 Å². The predicted octanol–water partition coefficient (Wildman–Crippen LogP) is 1.15. The first kappa shape index (κ1) is 12.5. The summed E-state index contributed by atoms with van der Waals surface area (Å²) in [7, 11) is 0. The highest BCUT2D eigenvalue weighted by Crippen LogP contribution is 2.24. The number of nitrogens with zero attached hydrogens (tertiary/aromatic N) is 1. The average Bonchev–Trinajstić information content (AvgIpc) is 2.85. The van der Waals surface area contributed by atoms with E-state index in [2.05, 4.69) is 10.4 Å². The predicted molar refractivity (Wildman–Crippen MR) is 68.6 cm³/mol. The van der Waals surface area contributed by atoms with Gasteiger partial charge in [0, 0.05) is 11.1 Å². The summed E-state index contributed by atoms with van der Waals surface area (Å²) in [4.78, 5) is 16.3. The van der Waals surface area contributed by atoms with E-state index in [0.717, 1.165) is 4.90 Å². The van der Waals surface area contributed by atoms with E-state index >= 15 is 0 Å². The minimum Gasteiger partial charge on any atom is -0.468 e. The van der Waals surface area contributed by atoms with Crippen LogP contribution in [-0.2, 0) is 5.75 Å². The van der Waals surface area contributed by atoms with E-state index in [9.17, 15) is 4.79 Å². The van der Waals surface area contributed by atoms with Crippen LogP contribution in [0.1, 0.15) is 16.1 Å². The average molecular weight is 264 g/mol. The first-order valence-corrected chi connectivity index (χ1v) is 6.11. The third-order valence-electron chi connectivity index (χ3n) is 2.25. The van der Waals surface area contributed by atoms with Crippen molar-refractivity contribution in [1.29, 1.82) is 0 Å². The number of amides is 1. The molecule has 0 radical (unpaired) electrons. The molecule has 0 aliphatic rings. The number of furan rings is 1. The molecule has 2 rings (SSSR count). The summed E-state index contributed by atoms with van der Waals surface area (Å²) in [6, 6.07) is 5.16. The monoisotopic (exact) mass is 264 g/mol. The van der Waals surface area contributed by atoms with Crippen LogP contribution in [0.5, 0.6) is 0 Å². The van der Waals surface area contributed by atoms with Gasteiger partial charge in [-0.05, 0) is 18.2 Å². The highest BCUT2D eigenvalue weighted by molar-refractivity contribution is 7.98. The molecule has 0 saturated carbocycles. The molecule has 0 aliphatic heterocycles. The molecule has 5 N–H and O–H groups in total. The number of pyridine rings is 1. The number of nitrogen functional groups attached to an aromatic ring is 2. The number of hydrogen-bond acceptors (Lipinski definition) is 6. The molecule has 0 unspecified atom stereocenters. The third-order valence-corrected chi connectivity index (χ3v) is 3.23. The van der Waals surface area contributed by atoms with Crippen LogP contribution in [0.3, 0.4) is 0 Å². The standard InChI is InChI=1S/C11H12N4O2S/c12-10-2-1-7(5-14-10)18-6-9-8(3-4-17-9)11(16)15-13/h1-5H,6,13H2,(H2,12,14)(H,15,16). The largest absolute Gasteiger partial charge is 0.468 e. The van der Waals surface area contributed by atoms with E-state index < -0.39 is 0 Å². The fourth-order valence-corrected chi connectivity index (χ4v) is 2.17. The van der Waals surface area contributed by atoms with Gasteiger partial charge in [0.1, 0.15) is 11.6 Å². The molecule has 6 nitrogen and oxygen atoms in total. The Morgan fingerprint density at radius 3 is 2.94 bits per heavy atom. The van der Waals surface area contributed by atoms with Crippen molar-refractivity contribution in [2.75, 3.05) is 5.73 Å². The van der Waals surface area contributed by atoms with Gasteiger partial charge in [0.25, 0.3) is 5.91 Å². The molecule has 0 saturated heterocycles. The van der Waals surface area contributed by atoms with Crippen molar-refractivity contribution >= 4 is 23.5 Å². The number of aromatic nitrogens is 1. The van der Waals surface area contributed by atoms with Gasteiger partial charge in [-0.2, -0.15) is 0 Å². The van der Waals surface area contributed by atoms with Crippen molar-refractivity contribution in [1.82, 2.24) is 10.4 Å². The summed E-state index contributed by atoms with van der Waals surface area (Å²) in [5, 5.41) is 0. The Morgan fingerprint density at radius 1 is 1.44 bits per heavy atom. The quantitative estimate of drug-likeness (QED) is 0.331. The Hall–Kier alpha value is -1.99. The lowest BCUT2D eigenvalue weighted by atomic mass is 10.2. The van der Waals surface area contributed by atoms with Crippen molar-refractivity contribution in [3.63, 3.8) is 0 Å². The number of thioether (sulfide) groups is 1. The molecule has 0 spiro atoms. The fraction of sp³-hybridized carbons (Fsp3) is 0.0909. The zero-order chi connectivity index (χ0) is 13.0. The van der Waals surface area contributed by atoms with Gasteiger partial charge in [0.05, 0.1) is 17.6 Å². The molecule has 1 amide bonds. The van der Waals surface area contributed by atoms with E-state index in [-0.39, 0.29) is 5.91 Å². The Kier molecular flexibility index (Phi) is 3.85. The summed E-state index contributed by atoms with van der Waals surface area (Å²) >= 11 is 1.50. The second kappa shape index (κ2) is 5.56. The number of rotatable bonds is 4. The van der Waals surface area contributed by atoms with Crippen LogP contribution >= 0.6 is 11.8 Å². The number of anilines is 1. The van der Waals surface area contributed by atoms with Gasteiger partial charge in [0.15, 0.2) is 0 Å². The number of carbonyl (C=O) groups is 1. The summed E-state index contributed by atoms with van der Waals surface area (Å²) in [6.45, 7) is 0. The molecule has 2 aromatic heterocycles. The number of nitrogens with one attached hydrogen (secondary N) is 1. The first-order valence-electron chi connectivity index (χ1n) is 5.12. The third kappa shape index (κ3) is 2.82. The van der Waals surface area contributed by atoms with Gasteiger partial charge in [-0.15, -0.1) is 11.8 Å². The molecular formula is C11H12N4O2S. The summed E-state index contributed by atoms with van der Waals surface area (Å²) in [5.74, 6) is 6.28. The summed E-state index contributed by atoms with van der Waals surface area (Å²) in [6.07, 6.45) is 3.13. The van der Waals surface area contributed by atoms with Crippen LogP contribution in [0.4, 0.5) is 5.82 Å². The van der Waals surface area contributed by atoms with Crippen molar-refractivity contribution in [2.24, 2.45) is 5.84 Å². The lowest BCUT2D eigenvalue weighted by Crippen LogP contribution is -2.30. The van der Waals surface area contributed by atoms with Crippen molar-refractivity contribution in [3.05, 3.63) is 42.0 Å². The van der Waals surface area contributed by atoms with Crippen LogP contribution in [0.25, 0.3) is 0 Å². The topological polar surface area (TPSA) is 107 Å². The summed E-state index contributed by atoms with van der Waals surface area (Å²) in [5.41, 5.74) is 8.01. The minimum absolute atomic E-state index is 0.366. The van der Waals surface area contributed by atoms with Gasteiger partial charge in [-0.25, -0.2) is 10.8 Å². The van der Waals surface area contributed by atoms with E-state index in [1.54, 1.807) is 18.3 Å². The SMILES string of the molecule is NNC(=O)c1ccoc1CSc1ccc(N)nc1. The molecule has 18 heavy (non-hydrogen) atoms. The maximum atomic E-state index is 11.4. The van der Waals surface area contributed by atoms with Crippen LogP contribution in [0, 0.1) is 0 Å². The van der Waals surface area contributed by atoms with Gasteiger partial charge in [-0.3, -0.25) is 10.2 Å². The maximum absolute atomic E-state index is 11.4. The number of carbonyl (C=O) groups excluding carboxylic acids is 1. The molecule has 0 atom stereocenters. The smallest absolute Gasteiger partial charge is 0.268 e. The molecule has 0 aromatic carbocycles. The second-order valence-electron chi connectivity index (χ2n) is 3.44. The normalized spacial score (nSPS) is 10.3. The van der Waals surface area contributed by atoms with Gasteiger partial charge in [0.2, 0.25) is 0 Å². The molecule has 7 heteroatoms. The number of nitrogens with two attached hydrogens (primary N) is 2. The summed E-state index contributed by atoms with van der Waals surface area (Å²) < 4.78 is 5.25. The van der Waals surface area contributed by atoms with Crippen LogP contribution < -0.4 is 17.0 Å². The number of hydrazine groups is 1. The molecule has 0 aliphatic carbocycles. The van der Waals surface area contributed by atoms with Crippen LogP contribution in [0.2, 0.25) is 0 Å². The lowest BCUT2D eigenvalue weighted by Gasteiger charge is -2.02. The fourth-order valence-electron chi connectivity index (χ4n) is 1.36. The maximum Gasteiger partial charge on any atom is 0.268 e. The van der Waals surface area contributed by atoms with Gasteiger partial charge >= 0.3 is 0 Å². The molecule has 2 aromatic rings. The Bertz CT molecular complexity index is 538. The Labute approximate surface area is 108 Å². The lowest BCUT2D eigenvalue weighted by molar-refractivity contribution is 0.0952. The number of hydrogen-bond donors (Lipinski definition) is 3. The molecule has 0 fully saturated rings. The highest BCUT2D eigenvalue weighted by Gasteiger charge is 2.13. The second-order valence-corrected chi connectivity index (χ2v) is 4.49. The van der Waals surface area contributed by atoms with E-state index in [4.69, 9.17) is 16.0 Å². The Balaban J connectivity index is 2.04.